The number of carbonyl (C=O) groups is 1. The van der Waals surface area contributed by atoms with Gasteiger partial charge in [0, 0.05) is 24.4 Å². The zero-order valence-corrected chi connectivity index (χ0v) is 15.2. The van der Waals surface area contributed by atoms with Crippen LogP contribution in [0, 0.1) is 0 Å². The molecule has 0 spiro atoms. The minimum atomic E-state index is 0.0550. The first-order valence-electron chi connectivity index (χ1n) is 8.93. The number of aryl methyl sites for hydroxylation is 1. The molecule has 130 valence electrons. The van der Waals surface area contributed by atoms with Gasteiger partial charge in [0.05, 0.1) is 16.0 Å². The number of hydrogen-bond donors (Lipinski definition) is 1. The number of rotatable bonds is 4. The van der Waals surface area contributed by atoms with Gasteiger partial charge in [-0.1, -0.05) is 19.1 Å². The number of hydrogen-bond acceptors (Lipinski definition) is 4. The first kappa shape index (κ1) is 16.3. The molecule has 3 heterocycles. The van der Waals surface area contributed by atoms with Gasteiger partial charge in [0.25, 0.3) is 5.91 Å². The number of H-pyrrole nitrogens is 1. The summed E-state index contributed by atoms with van der Waals surface area (Å²) in [5.41, 5.74) is 2.65. The maximum atomic E-state index is 12.8. The zero-order valence-electron chi connectivity index (χ0n) is 14.4. The predicted octanol–water partition coefficient (Wildman–Crippen LogP) is 3.99. The second-order valence-corrected chi connectivity index (χ2v) is 7.55. The molecule has 25 heavy (non-hydrogen) atoms. The summed E-state index contributed by atoms with van der Waals surface area (Å²) >= 11 is 1.59. The average Bonchev–Trinajstić information content (AvgIpc) is 3.28. The molecule has 1 aliphatic heterocycles. The molecule has 0 saturated carbocycles. The van der Waals surface area contributed by atoms with Crippen LogP contribution >= 0.6 is 11.3 Å². The van der Waals surface area contributed by atoms with Crippen molar-refractivity contribution in [2.45, 2.75) is 38.5 Å². The van der Waals surface area contributed by atoms with Crippen molar-refractivity contribution in [1.29, 1.82) is 0 Å². The Morgan fingerprint density at radius 2 is 2.24 bits per heavy atom. The number of thiazole rings is 1. The predicted molar refractivity (Wildman–Crippen MR) is 100 cm³/mol. The molecule has 1 saturated heterocycles. The molecule has 0 radical (unpaired) electrons. The second-order valence-electron chi connectivity index (χ2n) is 6.61. The number of benzene rings is 1. The second kappa shape index (κ2) is 6.96. The highest BCUT2D eigenvalue weighted by Gasteiger charge is 2.28. The molecule has 1 aliphatic rings. The maximum Gasteiger partial charge on any atom is 0.273 e. The lowest BCUT2D eigenvalue weighted by Gasteiger charge is -2.31. The van der Waals surface area contributed by atoms with Crippen molar-refractivity contribution in [1.82, 2.24) is 19.9 Å². The monoisotopic (exact) mass is 354 g/mol. The van der Waals surface area contributed by atoms with Crippen LogP contribution in [0.1, 0.15) is 53.4 Å². The van der Waals surface area contributed by atoms with Crippen molar-refractivity contribution in [2.24, 2.45) is 0 Å². The number of aromatic amines is 1. The molecule has 2 aromatic heterocycles. The van der Waals surface area contributed by atoms with E-state index in [1.807, 2.05) is 34.5 Å². The highest BCUT2D eigenvalue weighted by atomic mass is 32.1. The maximum absolute atomic E-state index is 12.8. The standard InChI is InChI=1S/C19H22N4OS/c1-2-6-17-20-16(12-25-17)19(24)23-10-5-7-13(11-23)18-21-14-8-3-4-9-15(14)22-18/h3-4,8-9,12-13H,2,5-7,10-11H2,1H3,(H,21,22)/t13-/m1/s1. The van der Waals surface area contributed by atoms with Crippen LogP contribution in [0.25, 0.3) is 11.0 Å². The van der Waals surface area contributed by atoms with Crippen LogP contribution in [0.4, 0.5) is 0 Å². The van der Waals surface area contributed by atoms with Crippen LogP contribution in [-0.2, 0) is 6.42 Å². The Hall–Kier alpha value is -2.21. The SMILES string of the molecule is CCCc1nc(C(=O)N2CCC[C@@H](c3nc4ccccc4[nH]3)C2)cs1. The minimum Gasteiger partial charge on any atom is -0.342 e. The summed E-state index contributed by atoms with van der Waals surface area (Å²) in [6.45, 7) is 3.64. The summed E-state index contributed by atoms with van der Waals surface area (Å²) < 4.78 is 0. The Balaban J connectivity index is 1.50. The summed E-state index contributed by atoms with van der Waals surface area (Å²) in [6, 6.07) is 8.07. The number of carbonyl (C=O) groups excluding carboxylic acids is 1. The van der Waals surface area contributed by atoms with Gasteiger partial charge in [-0.25, -0.2) is 9.97 Å². The number of para-hydroxylation sites is 2. The van der Waals surface area contributed by atoms with Gasteiger partial charge >= 0.3 is 0 Å². The number of piperidine rings is 1. The normalized spacial score (nSPS) is 18.0. The number of amides is 1. The summed E-state index contributed by atoms with van der Waals surface area (Å²) in [5.74, 6) is 1.31. The van der Waals surface area contributed by atoms with E-state index < -0.39 is 0 Å². The molecule has 6 heteroatoms. The third-order valence-corrected chi connectivity index (χ3v) is 5.65. The van der Waals surface area contributed by atoms with Gasteiger partial charge in [-0.05, 0) is 37.8 Å². The van der Waals surface area contributed by atoms with E-state index in [2.05, 4.69) is 16.9 Å². The Kier molecular flexibility index (Phi) is 4.53. The number of aromatic nitrogens is 3. The molecule has 3 aromatic rings. The molecule has 1 amide bonds. The fraction of sp³-hybridized carbons (Fsp3) is 0.421. The molecule has 0 aliphatic carbocycles. The van der Waals surface area contributed by atoms with Crippen LogP contribution in [-0.4, -0.2) is 38.8 Å². The zero-order chi connectivity index (χ0) is 17.2. The highest BCUT2D eigenvalue weighted by molar-refractivity contribution is 7.09. The number of nitrogens with zero attached hydrogens (tertiary/aromatic N) is 3. The van der Waals surface area contributed by atoms with E-state index in [1.165, 1.54) is 0 Å². The molecule has 0 bridgehead atoms. The van der Waals surface area contributed by atoms with Crippen molar-refractivity contribution >= 4 is 28.3 Å². The van der Waals surface area contributed by atoms with Gasteiger partial charge < -0.3 is 9.88 Å². The van der Waals surface area contributed by atoms with Crippen molar-refractivity contribution < 1.29 is 4.79 Å². The molecule has 1 N–H and O–H groups in total. The molecule has 0 unspecified atom stereocenters. The van der Waals surface area contributed by atoms with Crippen LogP contribution < -0.4 is 0 Å². The number of fused-ring (bicyclic) bond motifs is 1. The lowest BCUT2D eigenvalue weighted by atomic mass is 9.97. The summed E-state index contributed by atoms with van der Waals surface area (Å²) in [5, 5.41) is 2.95. The molecule has 1 atom stereocenters. The Labute approximate surface area is 151 Å². The largest absolute Gasteiger partial charge is 0.342 e. The van der Waals surface area contributed by atoms with E-state index in [4.69, 9.17) is 4.98 Å². The fourth-order valence-electron chi connectivity index (χ4n) is 3.45. The lowest BCUT2D eigenvalue weighted by molar-refractivity contribution is 0.0699. The summed E-state index contributed by atoms with van der Waals surface area (Å²) in [4.78, 5) is 27.4. The van der Waals surface area contributed by atoms with Crippen molar-refractivity contribution in [2.75, 3.05) is 13.1 Å². The first-order chi connectivity index (χ1) is 12.2. The third kappa shape index (κ3) is 3.31. The highest BCUT2D eigenvalue weighted by Crippen LogP contribution is 2.27. The van der Waals surface area contributed by atoms with Gasteiger partial charge in [0.15, 0.2) is 0 Å². The van der Waals surface area contributed by atoms with E-state index in [1.54, 1.807) is 11.3 Å². The molecule has 5 nitrogen and oxygen atoms in total. The van der Waals surface area contributed by atoms with Crippen molar-refractivity contribution in [3.63, 3.8) is 0 Å². The smallest absolute Gasteiger partial charge is 0.273 e. The van der Waals surface area contributed by atoms with E-state index in [0.717, 1.165) is 54.1 Å². The Morgan fingerprint density at radius 1 is 1.36 bits per heavy atom. The average molecular weight is 354 g/mol. The van der Waals surface area contributed by atoms with E-state index in [-0.39, 0.29) is 11.8 Å². The molecule has 1 fully saturated rings. The molecular weight excluding hydrogens is 332 g/mol. The minimum absolute atomic E-state index is 0.0550. The van der Waals surface area contributed by atoms with Crippen LogP contribution in [0.5, 0.6) is 0 Å². The summed E-state index contributed by atoms with van der Waals surface area (Å²) in [7, 11) is 0. The Morgan fingerprint density at radius 3 is 3.08 bits per heavy atom. The van der Waals surface area contributed by atoms with Crippen LogP contribution in [0.3, 0.4) is 0 Å². The van der Waals surface area contributed by atoms with Gasteiger partial charge in [-0.2, -0.15) is 0 Å². The van der Waals surface area contributed by atoms with Gasteiger partial charge in [-0.15, -0.1) is 11.3 Å². The van der Waals surface area contributed by atoms with Crippen molar-refractivity contribution in [3.8, 4) is 0 Å². The van der Waals surface area contributed by atoms with Gasteiger partial charge in [0.1, 0.15) is 11.5 Å². The van der Waals surface area contributed by atoms with E-state index in [0.29, 0.717) is 12.2 Å². The van der Waals surface area contributed by atoms with Crippen molar-refractivity contribution in [3.05, 3.63) is 46.2 Å². The topological polar surface area (TPSA) is 61.9 Å². The molecular formula is C19H22N4OS. The van der Waals surface area contributed by atoms with E-state index >= 15 is 0 Å². The van der Waals surface area contributed by atoms with Crippen LogP contribution in [0.15, 0.2) is 29.6 Å². The molecule has 1 aromatic carbocycles. The Bertz CT molecular complexity index is 851. The van der Waals surface area contributed by atoms with Gasteiger partial charge in [0.2, 0.25) is 0 Å². The van der Waals surface area contributed by atoms with E-state index in [9.17, 15) is 4.79 Å². The number of likely N-dealkylation sites (tertiary alicyclic amines) is 1. The van der Waals surface area contributed by atoms with Crippen LogP contribution in [0.2, 0.25) is 0 Å². The molecule has 4 rings (SSSR count). The summed E-state index contributed by atoms with van der Waals surface area (Å²) in [6.07, 6.45) is 4.06. The van der Waals surface area contributed by atoms with Gasteiger partial charge in [-0.3, -0.25) is 4.79 Å². The fourth-order valence-corrected chi connectivity index (χ4v) is 4.32. The number of nitrogens with one attached hydrogen (secondary N) is 1. The quantitative estimate of drug-likeness (QED) is 0.770. The third-order valence-electron chi connectivity index (χ3n) is 4.74. The number of imidazole rings is 1. The lowest BCUT2D eigenvalue weighted by Crippen LogP contribution is -2.39. The first-order valence-corrected chi connectivity index (χ1v) is 9.81.